The average molecular weight is 250 g/mol. The van der Waals surface area contributed by atoms with Crippen LogP contribution in [0.15, 0.2) is 6.33 Å². The maximum Gasteiger partial charge on any atom is 0.222 e. The molecule has 0 bridgehead atoms. The summed E-state index contributed by atoms with van der Waals surface area (Å²) < 4.78 is 1.98. The van der Waals surface area contributed by atoms with Crippen LogP contribution in [0.3, 0.4) is 0 Å². The Bertz CT molecular complexity index is 405. The van der Waals surface area contributed by atoms with E-state index >= 15 is 0 Å². The van der Waals surface area contributed by atoms with Gasteiger partial charge in [-0.1, -0.05) is 13.8 Å². The van der Waals surface area contributed by atoms with Crippen molar-refractivity contribution in [2.24, 2.45) is 13.0 Å². The van der Waals surface area contributed by atoms with Crippen LogP contribution in [0.4, 0.5) is 0 Å². The van der Waals surface area contributed by atoms with E-state index < -0.39 is 0 Å². The number of likely N-dealkylation sites (tertiary alicyclic amines) is 1. The van der Waals surface area contributed by atoms with Crippen LogP contribution in [0.1, 0.15) is 44.9 Å². The van der Waals surface area contributed by atoms with E-state index in [1.54, 1.807) is 6.33 Å². The lowest BCUT2D eigenvalue weighted by Gasteiger charge is -2.31. The first-order valence-corrected chi connectivity index (χ1v) is 6.69. The Morgan fingerprint density at radius 2 is 2.11 bits per heavy atom. The molecule has 18 heavy (non-hydrogen) atoms. The third-order valence-corrected chi connectivity index (χ3v) is 3.54. The van der Waals surface area contributed by atoms with E-state index in [0.717, 1.165) is 31.8 Å². The zero-order valence-corrected chi connectivity index (χ0v) is 11.5. The minimum absolute atomic E-state index is 0.293. The second-order valence-electron chi connectivity index (χ2n) is 5.55. The molecular formula is C13H22N4O. The highest BCUT2D eigenvalue weighted by Gasteiger charge is 2.26. The van der Waals surface area contributed by atoms with Crippen molar-refractivity contribution in [2.75, 3.05) is 13.1 Å². The number of nitrogens with zero attached hydrogens (tertiary/aromatic N) is 4. The summed E-state index contributed by atoms with van der Waals surface area (Å²) in [6.45, 7) is 5.88. The van der Waals surface area contributed by atoms with Gasteiger partial charge in [0, 0.05) is 32.5 Å². The predicted octanol–water partition coefficient (Wildman–Crippen LogP) is 1.57. The van der Waals surface area contributed by atoms with Crippen LogP contribution >= 0.6 is 0 Å². The van der Waals surface area contributed by atoms with Gasteiger partial charge in [0.05, 0.1) is 0 Å². The van der Waals surface area contributed by atoms with Crippen molar-refractivity contribution < 1.29 is 4.79 Å². The van der Waals surface area contributed by atoms with E-state index in [0.29, 0.717) is 24.2 Å². The molecule has 1 aliphatic heterocycles. The normalized spacial score (nSPS) is 17.4. The summed E-state index contributed by atoms with van der Waals surface area (Å²) >= 11 is 0. The number of aryl methyl sites for hydroxylation is 1. The Labute approximate surface area is 108 Å². The number of hydrogen-bond acceptors (Lipinski definition) is 3. The maximum atomic E-state index is 12.0. The Balaban J connectivity index is 1.88. The molecule has 0 spiro atoms. The van der Waals surface area contributed by atoms with Crippen molar-refractivity contribution in [2.45, 2.75) is 39.0 Å². The second-order valence-corrected chi connectivity index (χ2v) is 5.55. The van der Waals surface area contributed by atoms with Crippen molar-refractivity contribution in [3.05, 3.63) is 12.2 Å². The molecule has 5 heteroatoms. The number of rotatable bonds is 3. The van der Waals surface area contributed by atoms with Gasteiger partial charge in [-0.3, -0.25) is 4.79 Å². The quantitative estimate of drug-likeness (QED) is 0.818. The molecule has 1 amide bonds. The maximum absolute atomic E-state index is 12.0. The van der Waals surface area contributed by atoms with Crippen molar-refractivity contribution in [1.29, 1.82) is 0 Å². The van der Waals surface area contributed by atoms with Crippen LogP contribution < -0.4 is 0 Å². The van der Waals surface area contributed by atoms with Crippen LogP contribution in [-0.4, -0.2) is 38.7 Å². The van der Waals surface area contributed by atoms with Gasteiger partial charge in [-0.15, -0.1) is 10.2 Å². The molecule has 2 heterocycles. The molecular weight excluding hydrogens is 228 g/mol. The fourth-order valence-corrected chi connectivity index (χ4v) is 2.53. The van der Waals surface area contributed by atoms with Crippen LogP contribution in [0, 0.1) is 5.92 Å². The van der Waals surface area contributed by atoms with E-state index in [1.165, 1.54) is 0 Å². The molecule has 0 radical (unpaired) electrons. The molecule has 0 N–H and O–H groups in total. The van der Waals surface area contributed by atoms with Gasteiger partial charge < -0.3 is 9.47 Å². The summed E-state index contributed by atoms with van der Waals surface area (Å²) in [4.78, 5) is 14.0. The predicted molar refractivity (Wildman–Crippen MR) is 69.0 cm³/mol. The van der Waals surface area contributed by atoms with Crippen molar-refractivity contribution in [3.63, 3.8) is 0 Å². The van der Waals surface area contributed by atoms with Crippen LogP contribution in [-0.2, 0) is 11.8 Å². The third-order valence-electron chi connectivity index (χ3n) is 3.54. The van der Waals surface area contributed by atoms with Crippen LogP contribution in [0.2, 0.25) is 0 Å². The van der Waals surface area contributed by atoms with Gasteiger partial charge in [0.1, 0.15) is 12.2 Å². The molecule has 0 saturated carbocycles. The summed E-state index contributed by atoms with van der Waals surface area (Å²) in [6.07, 6.45) is 4.40. The third kappa shape index (κ3) is 2.89. The topological polar surface area (TPSA) is 51.0 Å². The smallest absolute Gasteiger partial charge is 0.222 e. The van der Waals surface area contributed by atoms with Gasteiger partial charge >= 0.3 is 0 Å². The molecule has 0 aromatic carbocycles. The average Bonchev–Trinajstić information content (AvgIpc) is 2.75. The molecule has 1 aromatic heterocycles. The first-order chi connectivity index (χ1) is 8.58. The van der Waals surface area contributed by atoms with E-state index in [2.05, 4.69) is 24.0 Å². The number of piperidine rings is 1. The number of aromatic nitrogens is 3. The van der Waals surface area contributed by atoms with Gasteiger partial charge in [-0.2, -0.15) is 0 Å². The van der Waals surface area contributed by atoms with Gasteiger partial charge in [0.2, 0.25) is 5.91 Å². The number of hydrogen-bond donors (Lipinski definition) is 0. The Kier molecular flexibility index (Phi) is 3.99. The molecule has 1 aliphatic rings. The Morgan fingerprint density at radius 1 is 1.44 bits per heavy atom. The van der Waals surface area contributed by atoms with Gasteiger partial charge in [0.15, 0.2) is 0 Å². The molecule has 1 saturated heterocycles. The number of amides is 1. The highest BCUT2D eigenvalue weighted by Crippen LogP contribution is 2.26. The number of carbonyl (C=O) groups excluding carboxylic acids is 1. The molecule has 0 atom stereocenters. The lowest BCUT2D eigenvalue weighted by molar-refractivity contribution is -0.133. The zero-order chi connectivity index (χ0) is 13.1. The molecule has 0 unspecified atom stereocenters. The fraction of sp³-hybridized carbons (Fsp3) is 0.769. The SMILES string of the molecule is CC(C)CC(=O)N1CCC(c2nncn2C)CC1. The lowest BCUT2D eigenvalue weighted by Crippen LogP contribution is -2.38. The van der Waals surface area contributed by atoms with E-state index in [-0.39, 0.29) is 0 Å². The van der Waals surface area contributed by atoms with Crippen LogP contribution in [0.5, 0.6) is 0 Å². The first kappa shape index (κ1) is 13.1. The van der Waals surface area contributed by atoms with Crippen molar-refractivity contribution >= 4 is 5.91 Å². The summed E-state index contributed by atoms with van der Waals surface area (Å²) in [5.74, 6) is 2.22. The summed E-state index contributed by atoms with van der Waals surface area (Å²) in [6, 6.07) is 0. The van der Waals surface area contributed by atoms with Crippen molar-refractivity contribution in [3.8, 4) is 0 Å². The van der Waals surface area contributed by atoms with E-state index in [9.17, 15) is 4.79 Å². The molecule has 5 nitrogen and oxygen atoms in total. The van der Waals surface area contributed by atoms with Gasteiger partial charge in [-0.05, 0) is 18.8 Å². The van der Waals surface area contributed by atoms with Gasteiger partial charge in [0.25, 0.3) is 0 Å². The molecule has 2 rings (SSSR count). The summed E-state index contributed by atoms with van der Waals surface area (Å²) in [5.41, 5.74) is 0. The van der Waals surface area contributed by atoms with E-state index in [4.69, 9.17) is 0 Å². The number of carbonyl (C=O) groups is 1. The monoisotopic (exact) mass is 250 g/mol. The minimum atomic E-state index is 0.293. The van der Waals surface area contributed by atoms with Gasteiger partial charge in [-0.25, -0.2) is 0 Å². The Hall–Kier alpha value is -1.39. The standard InChI is InChI=1S/C13H22N4O/c1-10(2)8-12(18)17-6-4-11(5-7-17)13-15-14-9-16(13)3/h9-11H,4-8H2,1-3H3. The largest absolute Gasteiger partial charge is 0.343 e. The molecule has 1 aromatic rings. The van der Waals surface area contributed by atoms with Crippen molar-refractivity contribution in [1.82, 2.24) is 19.7 Å². The Morgan fingerprint density at radius 3 is 2.61 bits per heavy atom. The van der Waals surface area contributed by atoms with E-state index in [1.807, 2.05) is 16.5 Å². The zero-order valence-electron chi connectivity index (χ0n) is 11.5. The molecule has 100 valence electrons. The second kappa shape index (κ2) is 5.50. The highest BCUT2D eigenvalue weighted by molar-refractivity contribution is 5.76. The summed E-state index contributed by atoms with van der Waals surface area (Å²) in [5, 5.41) is 8.09. The molecule has 1 fully saturated rings. The minimum Gasteiger partial charge on any atom is -0.343 e. The first-order valence-electron chi connectivity index (χ1n) is 6.69. The molecule has 0 aliphatic carbocycles. The van der Waals surface area contributed by atoms with Crippen LogP contribution in [0.25, 0.3) is 0 Å². The highest BCUT2D eigenvalue weighted by atomic mass is 16.2. The fourth-order valence-electron chi connectivity index (χ4n) is 2.53. The lowest BCUT2D eigenvalue weighted by atomic mass is 9.95. The summed E-state index contributed by atoms with van der Waals surface area (Å²) in [7, 11) is 1.98.